The first-order valence-corrected chi connectivity index (χ1v) is 5.93. The second-order valence-electron chi connectivity index (χ2n) is 4.33. The Morgan fingerprint density at radius 2 is 2.11 bits per heavy atom. The molecular formula is C13H14N2O3. The van der Waals surface area contributed by atoms with E-state index in [1.54, 1.807) is 6.07 Å². The number of hydrogen-bond donors (Lipinski definition) is 2. The molecule has 3 rings (SSSR count). The van der Waals surface area contributed by atoms with Gasteiger partial charge in [-0.3, -0.25) is 0 Å². The highest BCUT2D eigenvalue weighted by atomic mass is 16.5. The highest BCUT2D eigenvalue weighted by Gasteiger charge is 2.16. The third-order valence-electron chi connectivity index (χ3n) is 3.22. The van der Waals surface area contributed by atoms with Crippen molar-refractivity contribution in [3.8, 4) is 0 Å². The summed E-state index contributed by atoms with van der Waals surface area (Å²) >= 11 is 0. The van der Waals surface area contributed by atoms with Crippen LogP contribution in [-0.2, 0) is 4.74 Å². The lowest BCUT2D eigenvalue weighted by Crippen LogP contribution is -2.36. The lowest BCUT2D eigenvalue weighted by Gasteiger charge is -2.29. The van der Waals surface area contributed by atoms with Crippen LogP contribution >= 0.6 is 0 Å². The minimum atomic E-state index is -0.931. The number of H-pyrrole nitrogens is 1. The lowest BCUT2D eigenvalue weighted by molar-refractivity contribution is 0.0691. The molecule has 18 heavy (non-hydrogen) atoms. The van der Waals surface area contributed by atoms with Crippen LogP contribution in [0.2, 0.25) is 0 Å². The minimum Gasteiger partial charge on any atom is -0.477 e. The first kappa shape index (κ1) is 11.1. The van der Waals surface area contributed by atoms with Gasteiger partial charge in [0.15, 0.2) is 0 Å². The summed E-state index contributed by atoms with van der Waals surface area (Å²) in [4.78, 5) is 16.1. The van der Waals surface area contributed by atoms with Gasteiger partial charge in [-0.1, -0.05) is 6.07 Å². The Morgan fingerprint density at radius 3 is 2.83 bits per heavy atom. The molecule has 1 aromatic carbocycles. The van der Waals surface area contributed by atoms with E-state index >= 15 is 0 Å². The number of hydrogen-bond acceptors (Lipinski definition) is 3. The summed E-state index contributed by atoms with van der Waals surface area (Å²) in [5.41, 5.74) is 2.15. The van der Waals surface area contributed by atoms with Crippen LogP contribution in [0.3, 0.4) is 0 Å². The van der Waals surface area contributed by atoms with E-state index in [-0.39, 0.29) is 5.69 Å². The van der Waals surface area contributed by atoms with Crippen LogP contribution in [0.4, 0.5) is 5.69 Å². The first-order valence-electron chi connectivity index (χ1n) is 5.93. The normalized spacial score (nSPS) is 16.1. The summed E-state index contributed by atoms with van der Waals surface area (Å²) < 4.78 is 5.33. The molecule has 5 heteroatoms. The average Bonchev–Trinajstić information content (AvgIpc) is 2.83. The maximum Gasteiger partial charge on any atom is 0.352 e. The van der Waals surface area contributed by atoms with E-state index in [1.165, 1.54) is 0 Å². The Morgan fingerprint density at radius 1 is 1.33 bits per heavy atom. The van der Waals surface area contributed by atoms with Crippen molar-refractivity contribution in [2.45, 2.75) is 0 Å². The lowest BCUT2D eigenvalue weighted by atomic mass is 10.2. The van der Waals surface area contributed by atoms with Crippen molar-refractivity contribution in [2.75, 3.05) is 31.2 Å². The molecule has 1 saturated heterocycles. The number of carboxylic acid groups (broad SMARTS) is 1. The number of aromatic amines is 1. The molecule has 0 unspecified atom stereocenters. The van der Waals surface area contributed by atoms with Gasteiger partial charge in [-0.05, 0) is 18.2 Å². The largest absolute Gasteiger partial charge is 0.477 e. The van der Waals surface area contributed by atoms with Gasteiger partial charge in [-0.15, -0.1) is 0 Å². The Labute approximate surface area is 104 Å². The van der Waals surface area contributed by atoms with Crippen molar-refractivity contribution >= 4 is 22.6 Å². The minimum absolute atomic E-state index is 0.228. The van der Waals surface area contributed by atoms with Crippen LogP contribution < -0.4 is 4.90 Å². The van der Waals surface area contributed by atoms with Crippen LogP contribution in [-0.4, -0.2) is 42.4 Å². The fourth-order valence-corrected chi connectivity index (χ4v) is 2.33. The van der Waals surface area contributed by atoms with Crippen molar-refractivity contribution < 1.29 is 14.6 Å². The van der Waals surface area contributed by atoms with Gasteiger partial charge in [0.25, 0.3) is 0 Å². The Bertz CT molecular complexity index is 585. The molecule has 2 N–H and O–H groups in total. The predicted molar refractivity (Wildman–Crippen MR) is 68.3 cm³/mol. The fourth-order valence-electron chi connectivity index (χ4n) is 2.33. The van der Waals surface area contributed by atoms with Gasteiger partial charge >= 0.3 is 5.97 Å². The van der Waals surface area contributed by atoms with E-state index in [0.717, 1.165) is 29.7 Å². The van der Waals surface area contributed by atoms with Gasteiger partial charge in [-0.2, -0.15) is 0 Å². The number of rotatable bonds is 2. The molecule has 1 aliphatic rings. The molecule has 1 fully saturated rings. The molecule has 2 aromatic rings. The van der Waals surface area contributed by atoms with E-state index in [4.69, 9.17) is 9.84 Å². The van der Waals surface area contributed by atoms with Crippen molar-refractivity contribution in [2.24, 2.45) is 0 Å². The van der Waals surface area contributed by atoms with Crippen molar-refractivity contribution in [3.63, 3.8) is 0 Å². The number of nitrogens with zero attached hydrogens (tertiary/aromatic N) is 1. The number of benzene rings is 1. The van der Waals surface area contributed by atoms with Crippen molar-refractivity contribution in [3.05, 3.63) is 30.0 Å². The maximum atomic E-state index is 11.0. The number of carboxylic acids is 1. The predicted octanol–water partition coefficient (Wildman–Crippen LogP) is 1.70. The van der Waals surface area contributed by atoms with Crippen LogP contribution in [0.25, 0.3) is 10.9 Å². The van der Waals surface area contributed by atoms with E-state index < -0.39 is 5.97 Å². The highest BCUT2D eigenvalue weighted by molar-refractivity contribution is 5.99. The fraction of sp³-hybridized carbons (Fsp3) is 0.308. The van der Waals surface area contributed by atoms with Gasteiger partial charge in [0.1, 0.15) is 5.69 Å². The summed E-state index contributed by atoms with van der Waals surface area (Å²) in [6.07, 6.45) is 0. The topological polar surface area (TPSA) is 65.6 Å². The van der Waals surface area contributed by atoms with E-state index in [9.17, 15) is 4.79 Å². The molecule has 0 spiro atoms. The van der Waals surface area contributed by atoms with Crippen molar-refractivity contribution in [1.82, 2.24) is 4.98 Å². The Hall–Kier alpha value is -2.01. The van der Waals surface area contributed by atoms with Crippen LogP contribution in [0.15, 0.2) is 24.3 Å². The number of morpholine rings is 1. The zero-order chi connectivity index (χ0) is 12.5. The molecule has 0 amide bonds. The van der Waals surface area contributed by atoms with Crippen LogP contribution in [0.1, 0.15) is 10.5 Å². The monoisotopic (exact) mass is 246 g/mol. The highest BCUT2D eigenvalue weighted by Crippen LogP contribution is 2.28. The molecule has 5 nitrogen and oxygen atoms in total. The molecule has 1 aliphatic heterocycles. The molecule has 0 bridgehead atoms. The van der Waals surface area contributed by atoms with Gasteiger partial charge in [0.05, 0.1) is 13.2 Å². The number of anilines is 1. The van der Waals surface area contributed by atoms with E-state index in [1.807, 2.05) is 18.2 Å². The molecule has 1 aromatic heterocycles. The number of carbonyl (C=O) groups is 1. The van der Waals surface area contributed by atoms with Gasteiger partial charge < -0.3 is 19.7 Å². The zero-order valence-corrected chi connectivity index (χ0v) is 9.85. The molecule has 0 saturated carbocycles. The number of aromatic nitrogens is 1. The Kier molecular flexibility index (Phi) is 2.68. The summed E-state index contributed by atoms with van der Waals surface area (Å²) in [6.45, 7) is 3.11. The maximum absolute atomic E-state index is 11.0. The SMILES string of the molecule is O=C(O)c1cc2c(N3CCOCC3)cccc2[nH]1. The third-order valence-corrected chi connectivity index (χ3v) is 3.22. The second kappa shape index (κ2) is 4.34. The molecule has 2 heterocycles. The molecular weight excluding hydrogens is 232 g/mol. The second-order valence-corrected chi connectivity index (χ2v) is 4.33. The van der Waals surface area contributed by atoms with Gasteiger partial charge in [-0.25, -0.2) is 4.79 Å². The average molecular weight is 246 g/mol. The summed E-state index contributed by atoms with van der Waals surface area (Å²) in [5, 5.41) is 9.98. The quantitative estimate of drug-likeness (QED) is 0.846. The smallest absolute Gasteiger partial charge is 0.352 e. The van der Waals surface area contributed by atoms with E-state index in [0.29, 0.717) is 13.2 Å². The third kappa shape index (κ3) is 1.82. The number of aromatic carboxylic acids is 1. The molecule has 94 valence electrons. The van der Waals surface area contributed by atoms with Crippen LogP contribution in [0, 0.1) is 0 Å². The molecule has 0 atom stereocenters. The molecule has 0 radical (unpaired) electrons. The summed E-state index contributed by atoms with van der Waals surface area (Å²) in [5.74, 6) is -0.931. The van der Waals surface area contributed by atoms with Gasteiger partial charge in [0, 0.05) is 29.7 Å². The molecule has 0 aliphatic carbocycles. The standard InChI is InChI=1S/C13H14N2O3/c16-13(17)11-8-9-10(14-11)2-1-3-12(9)15-4-6-18-7-5-15/h1-3,8,14H,4-7H2,(H,16,17). The number of ether oxygens (including phenoxy) is 1. The van der Waals surface area contributed by atoms with E-state index in [2.05, 4.69) is 9.88 Å². The number of fused-ring (bicyclic) bond motifs is 1. The zero-order valence-electron chi connectivity index (χ0n) is 9.85. The van der Waals surface area contributed by atoms with Crippen LogP contribution in [0.5, 0.6) is 0 Å². The summed E-state index contributed by atoms with van der Waals surface area (Å²) in [7, 11) is 0. The van der Waals surface area contributed by atoms with Gasteiger partial charge in [0.2, 0.25) is 0 Å². The van der Waals surface area contributed by atoms with Crippen molar-refractivity contribution in [1.29, 1.82) is 0 Å². The summed E-state index contributed by atoms with van der Waals surface area (Å²) in [6, 6.07) is 7.55. The number of nitrogens with one attached hydrogen (secondary N) is 1. The Balaban J connectivity index is 2.07. The first-order chi connectivity index (χ1) is 8.75.